The molecule has 31 heavy (non-hydrogen) atoms. The zero-order chi connectivity index (χ0) is 22.4. The second-order valence-corrected chi connectivity index (χ2v) is 9.20. The average Bonchev–Trinajstić information content (AvgIpc) is 2.77. The van der Waals surface area contributed by atoms with Gasteiger partial charge in [-0.2, -0.15) is 0 Å². The molecule has 0 aliphatic carbocycles. The summed E-state index contributed by atoms with van der Waals surface area (Å²) in [6.07, 6.45) is 1.50. The van der Waals surface area contributed by atoms with Crippen LogP contribution in [0.1, 0.15) is 28.4 Å². The summed E-state index contributed by atoms with van der Waals surface area (Å²) in [5, 5.41) is 1.08. The number of hydrogen-bond donors (Lipinski definition) is 1. The van der Waals surface area contributed by atoms with E-state index in [0.29, 0.717) is 31.7 Å². The molecule has 1 heterocycles. The highest BCUT2D eigenvalue weighted by Gasteiger charge is 2.22. The van der Waals surface area contributed by atoms with Crippen molar-refractivity contribution in [3.8, 4) is 0 Å². The monoisotopic (exact) mass is 441 g/mol. The Morgan fingerprint density at radius 3 is 2.16 bits per heavy atom. The zero-order valence-corrected chi connectivity index (χ0v) is 18.6. The summed E-state index contributed by atoms with van der Waals surface area (Å²) in [6.45, 7) is 5.53. The van der Waals surface area contributed by atoms with Crippen molar-refractivity contribution in [3.05, 3.63) is 70.6 Å². The van der Waals surface area contributed by atoms with Gasteiger partial charge in [0.15, 0.2) is 5.78 Å². The van der Waals surface area contributed by atoms with Crippen LogP contribution in [0.2, 0.25) is 0 Å². The smallest absolute Gasteiger partial charge is 0.237 e. The molecule has 8 heteroatoms. The molecule has 1 aliphatic heterocycles. The van der Waals surface area contributed by atoms with Gasteiger partial charge in [0.05, 0.1) is 6.54 Å². The van der Waals surface area contributed by atoms with Crippen LogP contribution < -0.4 is 9.62 Å². The van der Waals surface area contributed by atoms with Crippen molar-refractivity contribution >= 4 is 33.5 Å². The number of benzene rings is 2. The van der Waals surface area contributed by atoms with Gasteiger partial charge >= 0.3 is 0 Å². The van der Waals surface area contributed by atoms with Gasteiger partial charge in [-0.05, 0) is 49.8 Å². The van der Waals surface area contributed by atoms with Crippen molar-refractivity contribution in [2.75, 3.05) is 37.6 Å². The summed E-state index contributed by atoms with van der Waals surface area (Å²) >= 11 is 0. The molecular weight excluding hydrogens is 414 g/mol. The lowest BCUT2D eigenvalue weighted by atomic mass is 10.1. The van der Waals surface area contributed by atoms with E-state index in [1.807, 2.05) is 43.3 Å². The molecule has 0 saturated carbocycles. The van der Waals surface area contributed by atoms with Crippen LogP contribution >= 0.6 is 0 Å². The van der Waals surface area contributed by atoms with E-state index in [1.165, 1.54) is 13.0 Å². The molecule has 1 N–H and O–H groups in total. The Labute approximate surface area is 183 Å². The quantitative estimate of drug-likeness (QED) is 0.667. The first-order chi connectivity index (χ1) is 14.7. The Bertz CT molecular complexity index is 1050. The van der Waals surface area contributed by atoms with Crippen molar-refractivity contribution in [2.45, 2.75) is 13.8 Å². The number of sulfonamides is 1. The number of nitrogens with one attached hydrogen (secondary N) is 1. The summed E-state index contributed by atoms with van der Waals surface area (Å²) in [5.41, 5.74) is 3.53. The van der Waals surface area contributed by atoms with Crippen LogP contribution in [0.3, 0.4) is 0 Å². The molecule has 2 aromatic rings. The molecule has 0 bridgehead atoms. The summed E-state index contributed by atoms with van der Waals surface area (Å²) in [4.78, 5) is 27.6. The van der Waals surface area contributed by atoms with E-state index < -0.39 is 10.0 Å². The first-order valence-electron chi connectivity index (χ1n) is 10.1. The van der Waals surface area contributed by atoms with Crippen molar-refractivity contribution in [2.24, 2.45) is 0 Å². The maximum absolute atomic E-state index is 12.4. The van der Waals surface area contributed by atoms with E-state index in [0.717, 1.165) is 22.2 Å². The third kappa shape index (κ3) is 6.50. The Morgan fingerprint density at radius 1 is 0.968 bits per heavy atom. The number of carbonyl (C=O) groups excluding carboxylic acids is 2. The largest absolute Gasteiger partial charge is 0.368 e. The summed E-state index contributed by atoms with van der Waals surface area (Å²) in [6, 6.07) is 14.9. The van der Waals surface area contributed by atoms with Crippen LogP contribution in [0.25, 0.3) is 6.08 Å². The standard InChI is InChI=1S/C23H27N3O4S/c1-18-3-5-20(6-4-18)11-16-31(29,30)24-17-23(28)26-14-12-25(13-15-26)22-9-7-21(8-10-22)19(2)27/h3-11,16,24H,12-15,17H2,1-2H3. The predicted molar refractivity (Wildman–Crippen MR) is 122 cm³/mol. The van der Waals surface area contributed by atoms with Gasteiger partial charge in [-0.25, -0.2) is 13.1 Å². The molecule has 0 atom stereocenters. The molecule has 1 saturated heterocycles. The van der Waals surface area contributed by atoms with E-state index in [1.54, 1.807) is 17.0 Å². The molecule has 0 unspecified atom stereocenters. The topological polar surface area (TPSA) is 86.8 Å². The van der Waals surface area contributed by atoms with Gasteiger partial charge in [0.2, 0.25) is 15.9 Å². The Kier molecular flexibility index (Phi) is 7.25. The number of aryl methyl sites for hydroxylation is 1. The van der Waals surface area contributed by atoms with Gasteiger partial charge in [0.1, 0.15) is 0 Å². The first-order valence-corrected chi connectivity index (χ1v) is 11.7. The van der Waals surface area contributed by atoms with E-state index >= 15 is 0 Å². The normalized spacial score (nSPS) is 14.8. The summed E-state index contributed by atoms with van der Waals surface area (Å²) in [5.74, 6) is -0.225. The molecule has 164 valence electrons. The number of rotatable bonds is 7. The Balaban J connectivity index is 1.48. The molecule has 0 radical (unpaired) electrons. The fourth-order valence-electron chi connectivity index (χ4n) is 3.29. The van der Waals surface area contributed by atoms with Gasteiger partial charge in [-0.15, -0.1) is 0 Å². The van der Waals surface area contributed by atoms with Gasteiger partial charge < -0.3 is 9.80 Å². The average molecular weight is 442 g/mol. The van der Waals surface area contributed by atoms with Crippen LogP contribution in [-0.4, -0.2) is 57.7 Å². The molecular formula is C23H27N3O4S. The molecule has 1 fully saturated rings. The van der Waals surface area contributed by atoms with E-state index in [4.69, 9.17) is 0 Å². The summed E-state index contributed by atoms with van der Waals surface area (Å²) in [7, 11) is -3.70. The number of hydrogen-bond acceptors (Lipinski definition) is 5. The highest BCUT2D eigenvalue weighted by atomic mass is 32.2. The van der Waals surface area contributed by atoms with Crippen LogP contribution in [0.4, 0.5) is 5.69 Å². The molecule has 3 rings (SSSR count). The molecule has 2 aromatic carbocycles. The van der Waals surface area contributed by atoms with Gasteiger partial charge in [0.25, 0.3) is 0 Å². The highest BCUT2D eigenvalue weighted by Crippen LogP contribution is 2.17. The van der Waals surface area contributed by atoms with Crippen molar-refractivity contribution in [1.82, 2.24) is 9.62 Å². The minimum Gasteiger partial charge on any atom is -0.368 e. The van der Waals surface area contributed by atoms with Gasteiger partial charge in [-0.3, -0.25) is 9.59 Å². The molecule has 1 amide bonds. The fourth-order valence-corrected chi connectivity index (χ4v) is 4.05. The van der Waals surface area contributed by atoms with Crippen molar-refractivity contribution in [1.29, 1.82) is 0 Å². The second kappa shape index (κ2) is 9.89. The minimum absolute atomic E-state index is 0.0260. The highest BCUT2D eigenvalue weighted by molar-refractivity contribution is 7.92. The number of anilines is 1. The molecule has 1 aliphatic rings. The predicted octanol–water partition coefficient (Wildman–Crippen LogP) is 2.44. The first kappa shape index (κ1) is 22.7. The van der Waals surface area contributed by atoms with Gasteiger partial charge in [0, 0.05) is 42.8 Å². The lowest BCUT2D eigenvalue weighted by Crippen LogP contribution is -2.51. The maximum atomic E-state index is 12.4. The summed E-state index contributed by atoms with van der Waals surface area (Å²) < 4.78 is 26.7. The second-order valence-electron chi connectivity index (χ2n) is 7.55. The third-order valence-electron chi connectivity index (χ3n) is 5.21. The zero-order valence-electron chi connectivity index (χ0n) is 17.7. The van der Waals surface area contributed by atoms with Crippen molar-refractivity contribution in [3.63, 3.8) is 0 Å². The van der Waals surface area contributed by atoms with Crippen LogP contribution in [0.15, 0.2) is 53.9 Å². The Morgan fingerprint density at radius 2 is 1.58 bits per heavy atom. The lowest BCUT2D eigenvalue weighted by Gasteiger charge is -2.36. The molecule has 0 aromatic heterocycles. The number of amides is 1. The van der Waals surface area contributed by atoms with Crippen LogP contribution in [0.5, 0.6) is 0 Å². The van der Waals surface area contributed by atoms with E-state index in [9.17, 15) is 18.0 Å². The molecule has 0 spiro atoms. The number of Topliss-reactive ketones (excluding diaryl/α,β-unsaturated/α-hetero) is 1. The van der Waals surface area contributed by atoms with Crippen molar-refractivity contribution < 1.29 is 18.0 Å². The fraction of sp³-hybridized carbons (Fsp3) is 0.304. The lowest BCUT2D eigenvalue weighted by molar-refractivity contribution is -0.130. The minimum atomic E-state index is -3.70. The number of ketones is 1. The number of piperazine rings is 1. The van der Waals surface area contributed by atoms with E-state index in [-0.39, 0.29) is 18.2 Å². The number of carbonyl (C=O) groups is 2. The Hall–Kier alpha value is -2.97. The SMILES string of the molecule is CC(=O)c1ccc(N2CCN(C(=O)CNS(=O)(=O)C=Cc3ccc(C)cc3)CC2)cc1. The van der Waals surface area contributed by atoms with E-state index in [2.05, 4.69) is 9.62 Å². The van der Waals surface area contributed by atoms with Crippen LogP contribution in [-0.2, 0) is 14.8 Å². The number of nitrogens with zero attached hydrogens (tertiary/aromatic N) is 2. The van der Waals surface area contributed by atoms with Gasteiger partial charge in [-0.1, -0.05) is 29.8 Å². The van der Waals surface area contributed by atoms with Crippen LogP contribution in [0, 0.1) is 6.92 Å². The molecule has 7 nitrogen and oxygen atoms in total. The third-order valence-corrected chi connectivity index (χ3v) is 6.25. The maximum Gasteiger partial charge on any atom is 0.237 e.